The predicted molar refractivity (Wildman–Crippen MR) is 104 cm³/mol. The van der Waals surface area contributed by atoms with Crippen LogP contribution in [0.25, 0.3) is 0 Å². The summed E-state index contributed by atoms with van der Waals surface area (Å²) in [6.07, 6.45) is 0.338. The Bertz CT molecular complexity index is 871. The number of carboxylic acids is 1. The topological polar surface area (TPSA) is 87.7 Å². The van der Waals surface area contributed by atoms with Crippen molar-refractivity contribution in [1.29, 1.82) is 0 Å². The first-order valence-corrected chi connectivity index (χ1v) is 9.03. The number of methoxy groups -OCH3 is 1. The maximum Gasteiger partial charge on any atom is 0.326 e. The molecule has 1 amide bonds. The summed E-state index contributed by atoms with van der Waals surface area (Å²) in [4.78, 5) is 24.0. The van der Waals surface area contributed by atoms with Gasteiger partial charge in [0, 0.05) is 27.7 Å². The standard InChI is InChI=1S/C19H18Cl2N2O4/c1-27-12-4-2-10(3-5-12)6-17(24)23-15-9-16(19(25)26)22-14-8-11(20)7-13(21)18(14)15/h2-5,7-8,15-16,22H,6,9H2,1H3,(H,23,24)(H,25,26)/t15-,16+/m1/s1. The Balaban J connectivity index is 1.80. The van der Waals surface area contributed by atoms with Crippen LogP contribution in [-0.2, 0) is 16.0 Å². The van der Waals surface area contributed by atoms with E-state index in [1.807, 2.05) is 12.1 Å². The monoisotopic (exact) mass is 408 g/mol. The van der Waals surface area contributed by atoms with Gasteiger partial charge in [0.25, 0.3) is 0 Å². The molecule has 0 saturated heterocycles. The Hall–Kier alpha value is -2.44. The van der Waals surface area contributed by atoms with Crippen LogP contribution >= 0.6 is 23.2 Å². The third kappa shape index (κ3) is 4.46. The summed E-state index contributed by atoms with van der Waals surface area (Å²) >= 11 is 12.3. The van der Waals surface area contributed by atoms with Crippen LogP contribution in [0.2, 0.25) is 10.0 Å². The first-order valence-electron chi connectivity index (χ1n) is 8.28. The molecule has 0 unspecified atom stereocenters. The van der Waals surface area contributed by atoms with Crippen LogP contribution in [0.3, 0.4) is 0 Å². The molecule has 6 nitrogen and oxygen atoms in total. The van der Waals surface area contributed by atoms with Gasteiger partial charge in [-0.3, -0.25) is 4.79 Å². The number of ether oxygens (including phenoxy) is 1. The van der Waals surface area contributed by atoms with Crippen molar-refractivity contribution in [2.45, 2.75) is 24.9 Å². The molecule has 3 N–H and O–H groups in total. The lowest BCUT2D eigenvalue weighted by Crippen LogP contribution is -2.41. The fourth-order valence-electron chi connectivity index (χ4n) is 3.13. The van der Waals surface area contributed by atoms with Crippen molar-refractivity contribution in [1.82, 2.24) is 5.32 Å². The predicted octanol–water partition coefficient (Wildman–Crippen LogP) is 3.67. The van der Waals surface area contributed by atoms with E-state index in [0.717, 1.165) is 5.56 Å². The Morgan fingerprint density at radius 2 is 1.96 bits per heavy atom. The van der Waals surface area contributed by atoms with Gasteiger partial charge in [0.2, 0.25) is 5.91 Å². The molecule has 0 bridgehead atoms. The number of carboxylic acid groups (broad SMARTS) is 1. The summed E-state index contributed by atoms with van der Waals surface area (Å²) < 4.78 is 5.10. The molecule has 0 radical (unpaired) electrons. The largest absolute Gasteiger partial charge is 0.497 e. The van der Waals surface area contributed by atoms with Gasteiger partial charge in [0.1, 0.15) is 11.8 Å². The number of halogens is 2. The molecule has 2 aromatic rings. The van der Waals surface area contributed by atoms with Gasteiger partial charge in [-0.1, -0.05) is 35.3 Å². The quantitative estimate of drug-likeness (QED) is 0.702. The highest BCUT2D eigenvalue weighted by atomic mass is 35.5. The number of amides is 1. The number of hydrogen-bond acceptors (Lipinski definition) is 4. The lowest BCUT2D eigenvalue weighted by molar-refractivity contribution is -0.138. The highest BCUT2D eigenvalue weighted by molar-refractivity contribution is 6.35. The summed E-state index contributed by atoms with van der Waals surface area (Å²) in [7, 11) is 1.57. The molecule has 27 heavy (non-hydrogen) atoms. The number of nitrogens with one attached hydrogen (secondary N) is 2. The summed E-state index contributed by atoms with van der Waals surface area (Å²) in [5.74, 6) is -0.529. The minimum absolute atomic E-state index is 0.159. The molecule has 0 aliphatic carbocycles. The Morgan fingerprint density at radius 1 is 1.26 bits per heavy atom. The van der Waals surface area contributed by atoms with Crippen LogP contribution in [-0.4, -0.2) is 30.1 Å². The molecule has 142 valence electrons. The second-order valence-electron chi connectivity index (χ2n) is 6.26. The van der Waals surface area contributed by atoms with E-state index in [9.17, 15) is 14.7 Å². The van der Waals surface area contributed by atoms with Gasteiger partial charge in [-0.05, 0) is 29.8 Å². The van der Waals surface area contributed by atoms with Gasteiger partial charge in [0.05, 0.1) is 19.6 Å². The highest BCUT2D eigenvalue weighted by Crippen LogP contribution is 2.39. The lowest BCUT2D eigenvalue weighted by Gasteiger charge is -2.32. The highest BCUT2D eigenvalue weighted by Gasteiger charge is 2.33. The van der Waals surface area contributed by atoms with Crippen LogP contribution in [0, 0.1) is 0 Å². The van der Waals surface area contributed by atoms with Crippen molar-refractivity contribution in [2.75, 3.05) is 12.4 Å². The molecule has 3 rings (SSSR count). The summed E-state index contributed by atoms with van der Waals surface area (Å²) in [6.45, 7) is 0. The van der Waals surface area contributed by atoms with Crippen molar-refractivity contribution < 1.29 is 19.4 Å². The number of hydrogen-bond donors (Lipinski definition) is 3. The molecule has 2 atom stereocenters. The van der Waals surface area contributed by atoms with Crippen LogP contribution < -0.4 is 15.4 Å². The second kappa shape index (κ2) is 8.06. The average Bonchev–Trinajstić information content (AvgIpc) is 2.61. The van der Waals surface area contributed by atoms with E-state index in [4.69, 9.17) is 27.9 Å². The number of aliphatic carboxylic acids is 1. The zero-order valence-corrected chi connectivity index (χ0v) is 16.0. The molecule has 1 aliphatic rings. The zero-order chi connectivity index (χ0) is 19.6. The molecule has 8 heteroatoms. The van der Waals surface area contributed by atoms with E-state index >= 15 is 0 Å². The van der Waals surface area contributed by atoms with Crippen LogP contribution in [0.5, 0.6) is 5.75 Å². The van der Waals surface area contributed by atoms with Gasteiger partial charge in [0.15, 0.2) is 0 Å². The number of fused-ring (bicyclic) bond motifs is 1. The van der Waals surface area contributed by atoms with E-state index in [1.165, 1.54) is 0 Å². The first-order chi connectivity index (χ1) is 12.9. The molecule has 0 saturated carbocycles. The minimum atomic E-state index is -1.01. The number of benzene rings is 2. The molecule has 0 aromatic heterocycles. The van der Waals surface area contributed by atoms with Crippen molar-refractivity contribution in [3.8, 4) is 5.75 Å². The summed E-state index contributed by atoms with van der Waals surface area (Å²) in [6, 6.07) is 8.98. The van der Waals surface area contributed by atoms with Crippen molar-refractivity contribution in [3.63, 3.8) is 0 Å². The van der Waals surface area contributed by atoms with Crippen molar-refractivity contribution >= 4 is 40.8 Å². The number of anilines is 1. The van der Waals surface area contributed by atoms with Gasteiger partial charge >= 0.3 is 5.97 Å². The van der Waals surface area contributed by atoms with E-state index < -0.39 is 18.1 Å². The Morgan fingerprint density at radius 3 is 2.59 bits per heavy atom. The van der Waals surface area contributed by atoms with Crippen LogP contribution in [0.4, 0.5) is 5.69 Å². The third-order valence-electron chi connectivity index (χ3n) is 4.40. The first kappa shape index (κ1) is 19.3. The molecule has 1 heterocycles. The van der Waals surface area contributed by atoms with Crippen molar-refractivity contribution in [3.05, 3.63) is 57.6 Å². The maximum atomic E-state index is 12.5. The fraction of sp³-hybridized carbons (Fsp3) is 0.263. The minimum Gasteiger partial charge on any atom is -0.497 e. The van der Waals surface area contributed by atoms with Gasteiger partial charge in [-0.2, -0.15) is 0 Å². The molecular weight excluding hydrogens is 391 g/mol. The summed E-state index contributed by atoms with van der Waals surface area (Å²) in [5, 5.41) is 16.0. The Kier molecular flexibility index (Phi) is 5.77. The van der Waals surface area contributed by atoms with E-state index in [0.29, 0.717) is 27.0 Å². The van der Waals surface area contributed by atoms with Crippen molar-refractivity contribution in [2.24, 2.45) is 0 Å². The lowest BCUT2D eigenvalue weighted by atomic mass is 9.92. The number of carbonyl (C=O) groups excluding carboxylic acids is 1. The Labute approximate surface area is 166 Å². The third-order valence-corrected chi connectivity index (χ3v) is 4.93. The molecular formula is C19H18Cl2N2O4. The zero-order valence-electron chi connectivity index (χ0n) is 14.5. The fourth-order valence-corrected chi connectivity index (χ4v) is 3.75. The SMILES string of the molecule is COc1ccc(CC(=O)N[C@@H]2C[C@@H](C(=O)O)Nc3cc(Cl)cc(Cl)c32)cc1. The molecule has 2 aromatic carbocycles. The molecule has 0 fully saturated rings. The van der Waals surface area contributed by atoms with Crippen LogP contribution in [0.15, 0.2) is 36.4 Å². The van der Waals surface area contributed by atoms with Gasteiger partial charge in [-0.25, -0.2) is 4.79 Å². The van der Waals surface area contributed by atoms with E-state index in [2.05, 4.69) is 10.6 Å². The normalized spacial score (nSPS) is 18.2. The molecule has 1 aliphatic heterocycles. The average molecular weight is 409 g/mol. The number of rotatable bonds is 5. The van der Waals surface area contributed by atoms with E-state index in [-0.39, 0.29) is 18.7 Å². The van der Waals surface area contributed by atoms with Gasteiger partial charge in [-0.15, -0.1) is 0 Å². The molecule has 0 spiro atoms. The summed E-state index contributed by atoms with van der Waals surface area (Å²) in [5.41, 5.74) is 1.97. The van der Waals surface area contributed by atoms with Crippen LogP contribution in [0.1, 0.15) is 23.6 Å². The maximum absolute atomic E-state index is 12.5. The van der Waals surface area contributed by atoms with E-state index in [1.54, 1.807) is 31.4 Å². The van der Waals surface area contributed by atoms with Gasteiger partial charge < -0.3 is 20.5 Å². The second-order valence-corrected chi connectivity index (χ2v) is 7.11. The smallest absolute Gasteiger partial charge is 0.326 e. The number of carbonyl (C=O) groups is 2.